The molecule has 0 aliphatic carbocycles. The Hall–Kier alpha value is -2.63. The quantitative estimate of drug-likeness (QED) is 0.915. The molecule has 0 spiro atoms. The summed E-state index contributed by atoms with van der Waals surface area (Å²) < 4.78 is 0. The molecule has 0 radical (unpaired) electrons. The van der Waals surface area contributed by atoms with Gasteiger partial charge in [0.1, 0.15) is 6.54 Å². The van der Waals surface area contributed by atoms with Gasteiger partial charge in [0.05, 0.1) is 5.92 Å². The number of fused-ring (bicyclic) bond motifs is 1. The normalized spacial score (nSPS) is 20.6. The lowest BCUT2D eigenvalue weighted by atomic mass is 9.98. The van der Waals surface area contributed by atoms with E-state index in [-0.39, 0.29) is 24.9 Å². The molecule has 1 unspecified atom stereocenters. The zero-order valence-electron chi connectivity index (χ0n) is 12.7. The standard InChI is InChI=1S/C17H18N2O4/c1-11-13-6-2-3-7-14(13)16(21)19(11)10-15(20)18-8-4-5-12(9-18)17(22)23/h2-3,6-7,12H,1,4-5,8-10H2,(H,22,23). The second-order valence-corrected chi connectivity index (χ2v) is 5.90. The number of hydrogen-bond donors (Lipinski definition) is 1. The Morgan fingerprint density at radius 1 is 1.26 bits per heavy atom. The van der Waals surface area contributed by atoms with E-state index in [1.165, 1.54) is 9.80 Å². The van der Waals surface area contributed by atoms with Gasteiger partial charge in [0.15, 0.2) is 0 Å². The first-order chi connectivity index (χ1) is 11.0. The molecular formula is C17H18N2O4. The van der Waals surface area contributed by atoms with Gasteiger partial charge in [-0.25, -0.2) is 0 Å². The summed E-state index contributed by atoms with van der Waals surface area (Å²) in [6, 6.07) is 7.12. The number of piperidine rings is 1. The maximum absolute atomic E-state index is 12.5. The van der Waals surface area contributed by atoms with Crippen LogP contribution in [0.25, 0.3) is 5.70 Å². The third-order valence-electron chi connectivity index (χ3n) is 4.46. The van der Waals surface area contributed by atoms with Crippen molar-refractivity contribution in [2.75, 3.05) is 19.6 Å². The number of carbonyl (C=O) groups is 3. The Morgan fingerprint density at radius 3 is 2.61 bits per heavy atom. The van der Waals surface area contributed by atoms with Gasteiger partial charge in [0.2, 0.25) is 5.91 Å². The number of hydrogen-bond acceptors (Lipinski definition) is 3. The van der Waals surface area contributed by atoms with Crippen LogP contribution in [0.3, 0.4) is 0 Å². The highest BCUT2D eigenvalue weighted by Gasteiger charge is 2.34. The third-order valence-corrected chi connectivity index (χ3v) is 4.46. The second-order valence-electron chi connectivity index (χ2n) is 5.90. The van der Waals surface area contributed by atoms with E-state index in [1.807, 2.05) is 6.07 Å². The minimum Gasteiger partial charge on any atom is -0.481 e. The van der Waals surface area contributed by atoms with Crippen LogP contribution < -0.4 is 0 Å². The van der Waals surface area contributed by atoms with Crippen LogP contribution in [0.1, 0.15) is 28.8 Å². The Balaban J connectivity index is 1.71. The molecule has 1 N–H and O–H groups in total. The van der Waals surface area contributed by atoms with Crippen molar-refractivity contribution in [1.29, 1.82) is 0 Å². The van der Waals surface area contributed by atoms with Crippen LogP contribution in [-0.4, -0.2) is 52.3 Å². The fourth-order valence-corrected chi connectivity index (χ4v) is 3.14. The van der Waals surface area contributed by atoms with Crippen molar-refractivity contribution in [2.24, 2.45) is 5.92 Å². The highest BCUT2D eigenvalue weighted by molar-refractivity contribution is 6.10. The zero-order chi connectivity index (χ0) is 16.6. The van der Waals surface area contributed by atoms with Gasteiger partial charge in [-0.1, -0.05) is 24.8 Å². The minimum atomic E-state index is -0.878. The van der Waals surface area contributed by atoms with Crippen molar-refractivity contribution in [3.8, 4) is 0 Å². The van der Waals surface area contributed by atoms with Crippen molar-refractivity contribution in [2.45, 2.75) is 12.8 Å². The van der Waals surface area contributed by atoms with E-state index >= 15 is 0 Å². The molecule has 6 heteroatoms. The number of likely N-dealkylation sites (tertiary alicyclic amines) is 1. The van der Waals surface area contributed by atoms with Gasteiger partial charge in [-0.3, -0.25) is 19.3 Å². The molecule has 23 heavy (non-hydrogen) atoms. The number of nitrogens with zero attached hydrogens (tertiary/aromatic N) is 2. The molecule has 2 heterocycles. The van der Waals surface area contributed by atoms with Crippen molar-refractivity contribution in [3.63, 3.8) is 0 Å². The van der Waals surface area contributed by atoms with Crippen LogP contribution >= 0.6 is 0 Å². The van der Waals surface area contributed by atoms with Gasteiger partial charge in [-0.15, -0.1) is 0 Å². The first-order valence-electron chi connectivity index (χ1n) is 7.60. The number of benzene rings is 1. The molecule has 2 aliphatic heterocycles. The number of carboxylic acids is 1. The fraction of sp³-hybridized carbons (Fsp3) is 0.353. The van der Waals surface area contributed by atoms with Crippen LogP contribution in [0.15, 0.2) is 30.8 Å². The smallest absolute Gasteiger partial charge is 0.308 e. The van der Waals surface area contributed by atoms with E-state index in [1.54, 1.807) is 18.2 Å². The predicted molar refractivity (Wildman–Crippen MR) is 83.5 cm³/mol. The average Bonchev–Trinajstić information content (AvgIpc) is 2.80. The molecule has 1 atom stereocenters. The molecule has 3 rings (SSSR count). The van der Waals surface area contributed by atoms with Gasteiger partial charge >= 0.3 is 5.97 Å². The van der Waals surface area contributed by atoms with Gasteiger partial charge < -0.3 is 10.0 Å². The Labute approximate surface area is 134 Å². The number of carboxylic acid groups (broad SMARTS) is 1. The van der Waals surface area contributed by atoms with Crippen LogP contribution in [-0.2, 0) is 9.59 Å². The molecule has 1 saturated heterocycles. The summed E-state index contributed by atoms with van der Waals surface area (Å²) in [5, 5.41) is 9.11. The highest BCUT2D eigenvalue weighted by atomic mass is 16.4. The van der Waals surface area contributed by atoms with E-state index in [0.29, 0.717) is 30.6 Å². The number of aliphatic carboxylic acids is 1. The Morgan fingerprint density at radius 2 is 1.96 bits per heavy atom. The maximum Gasteiger partial charge on any atom is 0.308 e. The summed E-state index contributed by atoms with van der Waals surface area (Å²) in [6.45, 7) is 4.55. The fourth-order valence-electron chi connectivity index (χ4n) is 3.14. The SMILES string of the molecule is C=C1c2ccccc2C(=O)N1CC(=O)N1CCCC(C(=O)O)C1. The summed E-state index contributed by atoms with van der Waals surface area (Å²) >= 11 is 0. The molecule has 0 bridgehead atoms. The lowest BCUT2D eigenvalue weighted by molar-refractivity contribution is -0.145. The Kier molecular flexibility index (Phi) is 3.90. The third kappa shape index (κ3) is 2.72. The largest absolute Gasteiger partial charge is 0.481 e. The summed E-state index contributed by atoms with van der Waals surface area (Å²) in [7, 11) is 0. The van der Waals surface area contributed by atoms with Crippen LogP contribution in [0.2, 0.25) is 0 Å². The second kappa shape index (κ2) is 5.87. The summed E-state index contributed by atoms with van der Waals surface area (Å²) in [6.07, 6.45) is 1.25. The highest BCUT2D eigenvalue weighted by Crippen LogP contribution is 2.31. The van der Waals surface area contributed by atoms with Gasteiger partial charge in [-0.2, -0.15) is 0 Å². The molecule has 2 aliphatic rings. The molecular weight excluding hydrogens is 296 g/mol. The predicted octanol–water partition coefficient (Wildman–Crippen LogP) is 1.44. The summed E-state index contributed by atoms with van der Waals surface area (Å²) in [5.74, 6) is -1.87. The summed E-state index contributed by atoms with van der Waals surface area (Å²) in [4.78, 5) is 38.9. The lowest BCUT2D eigenvalue weighted by Gasteiger charge is -2.32. The molecule has 1 aromatic carbocycles. The van der Waals surface area contributed by atoms with Crippen molar-refractivity contribution in [1.82, 2.24) is 9.80 Å². The number of rotatable bonds is 3. The number of amides is 2. The van der Waals surface area contributed by atoms with E-state index in [4.69, 9.17) is 5.11 Å². The van der Waals surface area contributed by atoms with E-state index in [9.17, 15) is 14.4 Å². The van der Waals surface area contributed by atoms with Gasteiger partial charge in [0.25, 0.3) is 5.91 Å². The van der Waals surface area contributed by atoms with E-state index in [0.717, 1.165) is 5.56 Å². The monoisotopic (exact) mass is 314 g/mol. The van der Waals surface area contributed by atoms with Gasteiger partial charge in [0, 0.05) is 29.9 Å². The van der Waals surface area contributed by atoms with Crippen LogP contribution in [0, 0.1) is 5.92 Å². The Bertz CT molecular complexity index is 663. The minimum absolute atomic E-state index is 0.0985. The van der Waals surface area contributed by atoms with Crippen molar-refractivity contribution < 1.29 is 19.5 Å². The van der Waals surface area contributed by atoms with Crippen molar-refractivity contribution >= 4 is 23.5 Å². The lowest BCUT2D eigenvalue weighted by Crippen LogP contribution is -2.46. The average molecular weight is 314 g/mol. The van der Waals surface area contributed by atoms with Gasteiger partial charge in [-0.05, 0) is 18.9 Å². The van der Waals surface area contributed by atoms with E-state index < -0.39 is 11.9 Å². The molecule has 2 amide bonds. The maximum atomic E-state index is 12.5. The topological polar surface area (TPSA) is 77.9 Å². The van der Waals surface area contributed by atoms with E-state index in [2.05, 4.69) is 6.58 Å². The molecule has 1 aromatic rings. The first kappa shape index (κ1) is 15.3. The van der Waals surface area contributed by atoms with Crippen LogP contribution in [0.5, 0.6) is 0 Å². The molecule has 6 nitrogen and oxygen atoms in total. The molecule has 0 aromatic heterocycles. The molecule has 120 valence electrons. The number of carbonyl (C=O) groups excluding carboxylic acids is 2. The molecule has 1 fully saturated rings. The zero-order valence-corrected chi connectivity index (χ0v) is 12.7. The summed E-state index contributed by atoms with van der Waals surface area (Å²) in [5.41, 5.74) is 1.81. The van der Waals surface area contributed by atoms with Crippen LogP contribution in [0.4, 0.5) is 0 Å². The molecule has 0 saturated carbocycles. The van der Waals surface area contributed by atoms with Crippen molar-refractivity contribution in [3.05, 3.63) is 42.0 Å². The first-order valence-corrected chi connectivity index (χ1v) is 7.60.